The predicted molar refractivity (Wildman–Crippen MR) is 98.7 cm³/mol. The lowest BCUT2D eigenvalue weighted by Gasteiger charge is -2.23. The molecule has 0 fully saturated rings. The number of carbonyl (C=O) groups is 3. The lowest BCUT2D eigenvalue weighted by Crippen LogP contribution is -2.49. The minimum Gasteiger partial charge on any atom is -0.444 e. The number of alkyl carbamates (subject to hydrolysis) is 2. The van der Waals surface area contributed by atoms with Crippen molar-refractivity contribution < 1.29 is 23.9 Å². The molecule has 26 heavy (non-hydrogen) atoms. The summed E-state index contributed by atoms with van der Waals surface area (Å²) in [5.74, 6) is -0.349. The average Bonchev–Trinajstić information content (AvgIpc) is 2.44. The summed E-state index contributed by atoms with van der Waals surface area (Å²) < 4.78 is 10.3. The van der Waals surface area contributed by atoms with Gasteiger partial charge in [0.05, 0.1) is 0 Å². The van der Waals surface area contributed by atoms with E-state index in [2.05, 4.69) is 16.0 Å². The van der Waals surface area contributed by atoms with Crippen molar-refractivity contribution in [2.45, 2.75) is 71.6 Å². The highest BCUT2D eigenvalue weighted by Crippen LogP contribution is 2.08. The fraction of sp³-hybridized carbons (Fsp3) is 0.824. The van der Waals surface area contributed by atoms with Gasteiger partial charge in [0.2, 0.25) is 5.91 Å². The van der Waals surface area contributed by atoms with Crippen molar-refractivity contribution in [3.63, 3.8) is 0 Å². The third kappa shape index (κ3) is 13.3. The maximum atomic E-state index is 12.2. The Labute approximate surface area is 155 Å². The summed E-state index contributed by atoms with van der Waals surface area (Å²) in [6, 6.07) is -0.781. The van der Waals surface area contributed by atoms with E-state index in [-0.39, 0.29) is 5.91 Å². The van der Waals surface area contributed by atoms with Gasteiger partial charge < -0.3 is 31.2 Å². The molecule has 0 spiro atoms. The number of nitrogens with one attached hydrogen (secondary N) is 3. The zero-order valence-electron chi connectivity index (χ0n) is 16.7. The van der Waals surface area contributed by atoms with Gasteiger partial charge in [0.15, 0.2) is 0 Å². The Bertz CT molecular complexity index is 469. The molecule has 3 amide bonds. The first-order chi connectivity index (χ1) is 11.8. The highest BCUT2D eigenvalue weighted by atomic mass is 16.6. The van der Waals surface area contributed by atoms with Gasteiger partial charge in [-0.25, -0.2) is 9.59 Å². The zero-order chi connectivity index (χ0) is 20.4. The fourth-order valence-corrected chi connectivity index (χ4v) is 1.85. The molecule has 0 aromatic carbocycles. The number of amides is 3. The largest absolute Gasteiger partial charge is 0.444 e. The normalized spacial score (nSPS) is 12.7. The van der Waals surface area contributed by atoms with Gasteiger partial charge in [-0.05, 0) is 54.4 Å². The molecule has 9 heteroatoms. The summed E-state index contributed by atoms with van der Waals surface area (Å²) in [7, 11) is 0. The lowest BCUT2D eigenvalue weighted by atomic mass is 10.1. The van der Waals surface area contributed by atoms with Crippen LogP contribution in [0.2, 0.25) is 0 Å². The van der Waals surface area contributed by atoms with Gasteiger partial charge in [-0.15, -0.1) is 0 Å². The molecule has 0 unspecified atom stereocenters. The third-order valence-electron chi connectivity index (χ3n) is 2.79. The first kappa shape index (κ1) is 24.0. The lowest BCUT2D eigenvalue weighted by molar-refractivity contribution is -0.123. The van der Waals surface area contributed by atoms with Crippen molar-refractivity contribution in [3.8, 4) is 0 Å². The fourth-order valence-electron chi connectivity index (χ4n) is 1.85. The van der Waals surface area contributed by atoms with Crippen LogP contribution in [-0.2, 0) is 14.3 Å². The van der Waals surface area contributed by atoms with E-state index >= 15 is 0 Å². The summed E-state index contributed by atoms with van der Waals surface area (Å²) in [6.45, 7) is 11.4. The molecule has 0 radical (unpaired) electrons. The zero-order valence-corrected chi connectivity index (χ0v) is 16.7. The number of hydrogen-bond acceptors (Lipinski definition) is 6. The van der Waals surface area contributed by atoms with Crippen LogP contribution in [0.3, 0.4) is 0 Å². The molecule has 152 valence electrons. The molecule has 0 heterocycles. The second-order valence-electron chi connectivity index (χ2n) is 7.85. The van der Waals surface area contributed by atoms with E-state index in [1.165, 1.54) is 0 Å². The molecular formula is C17H34N4O5. The summed E-state index contributed by atoms with van der Waals surface area (Å²) in [5.41, 5.74) is 4.14. The van der Waals surface area contributed by atoms with E-state index in [0.717, 1.165) is 0 Å². The molecule has 0 bridgehead atoms. The Balaban J connectivity index is 4.51. The molecule has 9 nitrogen and oxygen atoms in total. The summed E-state index contributed by atoms with van der Waals surface area (Å²) in [5, 5.41) is 7.80. The summed E-state index contributed by atoms with van der Waals surface area (Å²) >= 11 is 0. The number of nitrogens with two attached hydrogens (primary N) is 1. The Hall–Kier alpha value is -2.03. The van der Waals surface area contributed by atoms with E-state index in [1.807, 2.05) is 0 Å². The van der Waals surface area contributed by atoms with Gasteiger partial charge in [0, 0.05) is 19.6 Å². The summed E-state index contributed by atoms with van der Waals surface area (Å²) in [6.07, 6.45) is -0.409. The van der Waals surface area contributed by atoms with Gasteiger partial charge in [0.1, 0.15) is 17.2 Å². The number of carbonyl (C=O) groups excluding carboxylic acids is 3. The SMILES string of the molecule is CC(C)(C)OC(=O)NCCC[C@H](NC(=O)OC(C)(C)C)C(=O)NCCN. The Morgan fingerprint density at radius 2 is 1.42 bits per heavy atom. The molecule has 0 rings (SSSR count). The van der Waals surface area contributed by atoms with Crippen LogP contribution < -0.4 is 21.7 Å². The quantitative estimate of drug-likeness (QED) is 0.473. The first-order valence-corrected chi connectivity index (χ1v) is 8.78. The van der Waals surface area contributed by atoms with Crippen LogP contribution >= 0.6 is 0 Å². The van der Waals surface area contributed by atoms with Crippen LogP contribution in [0.15, 0.2) is 0 Å². The molecule has 0 aliphatic heterocycles. The van der Waals surface area contributed by atoms with Crippen molar-refractivity contribution >= 4 is 18.1 Å². The van der Waals surface area contributed by atoms with Gasteiger partial charge >= 0.3 is 12.2 Å². The molecule has 0 aromatic heterocycles. The second kappa shape index (κ2) is 10.8. The second-order valence-corrected chi connectivity index (χ2v) is 7.85. The molecule has 1 atom stereocenters. The van der Waals surface area contributed by atoms with Crippen LogP contribution in [0.5, 0.6) is 0 Å². The first-order valence-electron chi connectivity index (χ1n) is 8.78. The predicted octanol–water partition coefficient (Wildman–Crippen LogP) is 1.26. The van der Waals surface area contributed by atoms with Crippen molar-refractivity contribution in [1.29, 1.82) is 0 Å². The number of hydrogen-bond donors (Lipinski definition) is 4. The molecule has 0 saturated heterocycles. The van der Waals surface area contributed by atoms with Crippen molar-refractivity contribution in [3.05, 3.63) is 0 Å². The minimum atomic E-state index is -0.781. The van der Waals surface area contributed by atoms with Crippen LogP contribution in [0.25, 0.3) is 0 Å². The maximum absolute atomic E-state index is 12.2. The third-order valence-corrected chi connectivity index (χ3v) is 2.79. The average molecular weight is 374 g/mol. The van der Waals surface area contributed by atoms with E-state index < -0.39 is 29.4 Å². The van der Waals surface area contributed by atoms with Gasteiger partial charge in [-0.3, -0.25) is 4.79 Å². The van der Waals surface area contributed by atoms with Crippen molar-refractivity contribution in [2.75, 3.05) is 19.6 Å². The molecule has 0 aromatic rings. The van der Waals surface area contributed by atoms with Crippen LogP contribution in [0.1, 0.15) is 54.4 Å². The van der Waals surface area contributed by atoms with E-state index in [1.54, 1.807) is 41.5 Å². The highest BCUT2D eigenvalue weighted by Gasteiger charge is 2.24. The number of rotatable bonds is 8. The smallest absolute Gasteiger partial charge is 0.408 e. The Kier molecular flexibility index (Phi) is 10.0. The molecule has 5 N–H and O–H groups in total. The van der Waals surface area contributed by atoms with E-state index in [4.69, 9.17) is 15.2 Å². The topological polar surface area (TPSA) is 132 Å². The molecule has 0 aliphatic rings. The number of ether oxygens (including phenoxy) is 2. The van der Waals surface area contributed by atoms with Crippen LogP contribution in [0.4, 0.5) is 9.59 Å². The Morgan fingerprint density at radius 3 is 1.92 bits per heavy atom. The Morgan fingerprint density at radius 1 is 0.885 bits per heavy atom. The van der Waals surface area contributed by atoms with Crippen molar-refractivity contribution in [1.82, 2.24) is 16.0 Å². The summed E-state index contributed by atoms with van der Waals surface area (Å²) in [4.78, 5) is 35.7. The van der Waals surface area contributed by atoms with E-state index in [9.17, 15) is 14.4 Å². The molecule has 0 aliphatic carbocycles. The highest BCUT2D eigenvalue weighted by molar-refractivity contribution is 5.85. The van der Waals surface area contributed by atoms with Gasteiger partial charge in [-0.1, -0.05) is 0 Å². The van der Waals surface area contributed by atoms with Crippen molar-refractivity contribution in [2.24, 2.45) is 5.73 Å². The van der Waals surface area contributed by atoms with Crippen LogP contribution in [-0.4, -0.2) is 55.0 Å². The standard InChI is InChI=1S/C17H34N4O5/c1-16(2,3)25-14(23)20-10-7-8-12(13(22)19-11-9-18)21-15(24)26-17(4,5)6/h12H,7-11,18H2,1-6H3,(H,19,22)(H,20,23)(H,21,24)/t12-/m0/s1. The monoisotopic (exact) mass is 374 g/mol. The maximum Gasteiger partial charge on any atom is 0.408 e. The van der Waals surface area contributed by atoms with Gasteiger partial charge in [0.25, 0.3) is 0 Å². The van der Waals surface area contributed by atoms with Crippen LogP contribution in [0, 0.1) is 0 Å². The van der Waals surface area contributed by atoms with Gasteiger partial charge in [-0.2, -0.15) is 0 Å². The molecule has 0 saturated carbocycles. The van der Waals surface area contributed by atoms with E-state index in [0.29, 0.717) is 32.5 Å². The molecular weight excluding hydrogens is 340 g/mol. The minimum absolute atomic E-state index is 0.297.